The summed E-state index contributed by atoms with van der Waals surface area (Å²) in [7, 11) is 7.98. The molecule has 0 spiro atoms. The molecule has 0 aliphatic rings. The summed E-state index contributed by atoms with van der Waals surface area (Å²) in [6.45, 7) is 4.04. The lowest BCUT2D eigenvalue weighted by molar-refractivity contribution is 0.257. The van der Waals surface area contributed by atoms with Gasteiger partial charge in [0, 0.05) is 31.6 Å². The van der Waals surface area contributed by atoms with Crippen LogP contribution in [0.15, 0.2) is 0 Å². The molecule has 0 fully saturated rings. The average molecular weight is 204 g/mol. The summed E-state index contributed by atoms with van der Waals surface area (Å²) in [6, 6.07) is 0. The zero-order valence-corrected chi connectivity index (χ0v) is 9.33. The molecule has 0 rings (SSSR count). The van der Waals surface area contributed by atoms with E-state index >= 15 is 0 Å². The van der Waals surface area contributed by atoms with E-state index in [0.29, 0.717) is 0 Å². The van der Waals surface area contributed by atoms with Crippen molar-refractivity contribution >= 4 is 0 Å². The van der Waals surface area contributed by atoms with Gasteiger partial charge in [0.2, 0.25) is 0 Å². The minimum Gasteiger partial charge on any atom is -0.319 e. The number of rotatable bonds is 8. The summed E-state index contributed by atoms with van der Waals surface area (Å²) in [5.74, 6) is 0. The first kappa shape index (κ1) is 16.3. The number of hydrogen-bond acceptors (Lipinski definition) is 4. The molecule has 0 atom stereocenters. The number of hydrogen-bond donors (Lipinski definition) is 4. The second-order valence-electron chi connectivity index (χ2n) is 3.62. The molecule has 0 aliphatic heterocycles. The molecule has 0 aliphatic carbocycles. The van der Waals surface area contributed by atoms with Gasteiger partial charge < -0.3 is 21.3 Å². The zero-order valence-electron chi connectivity index (χ0n) is 9.33. The van der Waals surface area contributed by atoms with Crippen LogP contribution in [0.2, 0.25) is 0 Å². The molecule has 0 saturated carbocycles. The maximum Gasteiger partial charge on any atom is 0.0201 e. The molecule has 0 saturated heterocycles. The van der Waals surface area contributed by atoms with Gasteiger partial charge in [-0.05, 0) is 28.2 Å². The Labute approximate surface area is 89.2 Å². The Balaban J connectivity index is 0. The highest BCUT2D eigenvalue weighted by molar-refractivity contribution is 4.86. The molecule has 4 N–H and O–H groups in total. The minimum absolute atomic E-state index is 0. The Kier molecular flexibility index (Phi) is 10.9. The third-order valence-corrected chi connectivity index (χ3v) is 2.21. The van der Waals surface area contributed by atoms with Crippen molar-refractivity contribution < 1.29 is 0 Å². The lowest BCUT2D eigenvalue weighted by Gasteiger charge is -2.33. The predicted molar refractivity (Wildman–Crippen MR) is 64.9 cm³/mol. The van der Waals surface area contributed by atoms with Gasteiger partial charge >= 0.3 is 0 Å². The third kappa shape index (κ3) is 5.54. The minimum atomic E-state index is 0. The second kappa shape index (κ2) is 9.40. The number of nitrogens with one attached hydrogen (secondary N) is 4. The molecule has 14 heavy (non-hydrogen) atoms. The van der Waals surface area contributed by atoms with E-state index in [-0.39, 0.29) is 12.8 Å². The molecule has 0 radical (unpaired) electrons. The van der Waals surface area contributed by atoms with Gasteiger partial charge in [0.1, 0.15) is 0 Å². The highest BCUT2D eigenvalue weighted by atomic mass is 15.0. The van der Waals surface area contributed by atoms with E-state index in [0.717, 1.165) is 26.2 Å². The van der Waals surface area contributed by atoms with Gasteiger partial charge in [0.25, 0.3) is 0 Å². The fraction of sp³-hybridized carbons (Fsp3) is 1.00. The van der Waals surface area contributed by atoms with Crippen LogP contribution in [0.1, 0.15) is 7.43 Å². The standard InChI is InChI=1S/C9H24N4.CH4/c1-10-5-9(6-11-2,7-12-3)8-13-4;/h10-13H,5-8H2,1-4H3;1H4. The van der Waals surface area contributed by atoms with Gasteiger partial charge in [-0.1, -0.05) is 7.43 Å². The molecule has 0 unspecified atom stereocenters. The van der Waals surface area contributed by atoms with Gasteiger partial charge in [-0.15, -0.1) is 0 Å². The van der Waals surface area contributed by atoms with E-state index in [4.69, 9.17) is 0 Å². The first-order chi connectivity index (χ1) is 6.24. The van der Waals surface area contributed by atoms with Crippen LogP contribution < -0.4 is 21.3 Å². The molecular formula is C10H28N4. The topological polar surface area (TPSA) is 48.1 Å². The summed E-state index contributed by atoms with van der Waals surface area (Å²) >= 11 is 0. The van der Waals surface area contributed by atoms with Crippen LogP contribution in [0.4, 0.5) is 0 Å². The van der Waals surface area contributed by atoms with E-state index < -0.39 is 0 Å². The van der Waals surface area contributed by atoms with E-state index in [1.54, 1.807) is 0 Å². The monoisotopic (exact) mass is 204 g/mol. The molecule has 0 heterocycles. The van der Waals surface area contributed by atoms with Gasteiger partial charge in [0.05, 0.1) is 0 Å². The van der Waals surface area contributed by atoms with Crippen molar-refractivity contribution in [2.75, 3.05) is 54.4 Å². The van der Waals surface area contributed by atoms with Crippen molar-refractivity contribution in [3.63, 3.8) is 0 Å². The van der Waals surface area contributed by atoms with Crippen molar-refractivity contribution in [3.8, 4) is 0 Å². The highest BCUT2D eigenvalue weighted by Crippen LogP contribution is 2.12. The molecular weight excluding hydrogens is 176 g/mol. The Morgan fingerprint density at radius 2 is 0.857 bits per heavy atom. The summed E-state index contributed by atoms with van der Waals surface area (Å²) in [5.41, 5.74) is 0.257. The molecule has 0 aromatic rings. The van der Waals surface area contributed by atoms with Gasteiger partial charge in [-0.2, -0.15) is 0 Å². The second-order valence-corrected chi connectivity index (χ2v) is 3.62. The van der Waals surface area contributed by atoms with Crippen molar-refractivity contribution in [3.05, 3.63) is 0 Å². The molecule has 0 aromatic carbocycles. The summed E-state index contributed by atoms with van der Waals surface area (Å²) in [5, 5.41) is 13.0. The Morgan fingerprint density at radius 3 is 1.00 bits per heavy atom. The molecule has 0 amide bonds. The fourth-order valence-corrected chi connectivity index (χ4v) is 1.87. The van der Waals surface area contributed by atoms with Crippen LogP contribution in [0.5, 0.6) is 0 Å². The Morgan fingerprint density at radius 1 is 0.643 bits per heavy atom. The van der Waals surface area contributed by atoms with Crippen molar-refractivity contribution in [1.29, 1.82) is 0 Å². The largest absolute Gasteiger partial charge is 0.319 e. The van der Waals surface area contributed by atoms with E-state index in [2.05, 4.69) is 21.3 Å². The molecule has 0 bridgehead atoms. The summed E-state index contributed by atoms with van der Waals surface area (Å²) in [4.78, 5) is 0. The molecule has 88 valence electrons. The maximum absolute atomic E-state index is 3.24. The van der Waals surface area contributed by atoms with Crippen molar-refractivity contribution in [1.82, 2.24) is 21.3 Å². The SMILES string of the molecule is C.CNCC(CNC)(CNC)CNC. The smallest absolute Gasteiger partial charge is 0.0201 e. The summed E-state index contributed by atoms with van der Waals surface area (Å²) < 4.78 is 0. The van der Waals surface area contributed by atoms with Gasteiger partial charge in [-0.25, -0.2) is 0 Å². The Hall–Kier alpha value is -0.160. The van der Waals surface area contributed by atoms with Crippen molar-refractivity contribution in [2.45, 2.75) is 7.43 Å². The van der Waals surface area contributed by atoms with Crippen LogP contribution in [0, 0.1) is 5.41 Å². The van der Waals surface area contributed by atoms with Crippen LogP contribution in [0.3, 0.4) is 0 Å². The quantitative estimate of drug-likeness (QED) is 0.430. The van der Waals surface area contributed by atoms with Gasteiger partial charge in [0.15, 0.2) is 0 Å². The van der Waals surface area contributed by atoms with E-state index in [9.17, 15) is 0 Å². The summed E-state index contributed by atoms with van der Waals surface area (Å²) in [6.07, 6.45) is 0. The molecule has 4 nitrogen and oxygen atoms in total. The molecule has 0 aromatic heterocycles. The van der Waals surface area contributed by atoms with Crippen LogP contribution in [-0.2, 0) is 0 Å². The third-order valence-electron chi connectivity index (χ3n) is 2.21. The molecule has 4 heteroatoms. The zero-order chi connectivity index (χ0) is 10.2. The first-order valence-electron chi connectivity index (χ1n) is 4.83. The first-order valence-corrected chi connectivity index (χ1v) is 4.83. The Bertz CT molecular complexity index is 87.2. The fourth-order valence-electron chi connectivity index (χ4n) is 1.87. The van der Waals surface area contributed by atoms with Crippen LogP contribution >= 0.6 is 0 Å². The lowest BCUT2D eigenvalue weighted by Crippen LogP contribution is -2.52. The predicted octanol–water partition coefficient (Wildman–Crippen LogP) is -0.513. The van der Waals surface area contributed by atoms with E-state index in [1.807, 2.05) is 28.2 Å². The van der Waals surface area contributed by atoms with Gasteiger partial charge in [-0.3, -0.25) is 0 Å². The highest BCUT2D eigenvalue weighted by Gasteiger charge is 2.26. The maximum atomic E-state index is 3.24. The normalized spacial score (nSPS) is 11.1. The van der Waals surface area contributed by atoms with Crippen LogP contribution in [0.25, 0.3) is 0 Å². The lowest BCUT2D eigenvalue weighted by atomic mass is 9.87. The van der Waals surface area contributed by atoms with E-state index in [1.165, 1.54) is 0 Å². The average Bonchev–Trinajstić information content (AvgIpc) is 2.06. The van der Waals surface area contributed by atoms with Crippen molar-refractivity contribution in [2.24, 2.45) is 5.41 Å². The van der Waals surface area contributed by atoms with Crippen LogP contribution in [-0.4, -0.2) is 54.4 Å².